The van der Waals surface area contributed by atoms with Crippen LogP contribution in [0.3, 0.4) is 0 Å². The average molecular weight is 435 g/mol. The molecule has 4 atom stereocenters. The number of fused-ring (bicyclic) bond motifs is 2. The first-order valence-electron chi connectivity index (χ1n) is 12.5. The van der Waals surface area contributed by atoms with Gasteiger partial charge < -0.3 is 18.9 Å². The van der Waals surface area contributed by atoms with Crippen LogP contribution in [0.1, 0.15) is 70.6 Å². The lowest BCUT2D eigenvalue weighted by Gasteiger charge is -2.26. The van der Waals surface area contributed by atoms with Crippen molar-refractivity contribution in [2.75, 3.05) is 26.4 Å². The smallest absolute Gasteiger partial charge is 0.310 e. The van der Waals surface area contributed by atoms with Crippen molar-refractivity contribution < 1.29 is 28.5 Å². The van der Waals surface area contributed by atoms with E-state index in [-0.39, 0.29) is 37.0 Å². The van der Waals surface area contributed by atoms with Crippen LogP contribution >= 0.6 is 0 Å². The number of esters is 2. The molecule has 0 spiro atoms. The zero-order chi connectivity index (χ0) is 21.5. The third kappa shape index (κ3) is 6.10. The lowest BCUT2D eigenvalue weighted by atomic mass is 9.83. The summed E-state index contributed by atoms with van der Waals surface area (Å²) in [6.07, 6.45) is 17.4. The first-order chi connectivity index (χ1) is 15.2. The fourth-order valence-electron chi connectivity index (χ4n) is 5.84. The van der Waals surface area contributed by atoms with E-state index in [2.05, 4.69) is 12.2 Å². The van der Waals surface area contributed by atoms with Gasteiger partial charge in [0.05, 0.1) is 37.3 Å². The minimum atomic E-state index is -0.434. The first-order valence-corrected chi connectivity index (χ1v) is 12.5. The highest BCUT2D eigenvalue weighted by molar-refractivity contribution is 5.84. The number of carbonyl (C=O) groups excluding carboxylic acids is 2. The molecular formula is C25H38O6. The maximum Gasteiger partial charge on any atom is 0.310 e. The molecule has 2 bridgehead atoms. The minimum Gasteiger partial charge on any atom is -0.463 e. The molecule has 0 N–H and O–H groups in total. The Bertz CT molecular complexity index is 568. The lowest BCUT2D eigenvalue weighted by Crippen LogP contribution is -2.36. The van der Waals surface area contributed by atoms with Crippen molar-refractivity contribution in [1.82, 2.24) is 0 Å². The topological polar surface area (TPSA) is 71.1 Å². The number of ether oxygens (including phenoxy) is 4. The van der Waals surface area contributed by atoms with Gasteiger partial charge in [0.1, 0.15) is 13.2 Å². The Morgan fingerprint density at radius 3 is 1.45 bits per heavy atom. The van der Waals surface area contributed by atoms with Crippen molar-refractivity contribution >= 4 is 11.9 Å². The molecular weight excluding hydrogens is 396 g/mol. The first kappa shape index (κ1) is 22.8. The van der Waals surface area contributed by atoms with Crippen molar-refractivity contribution in [3.63, 3.8) is 0 Å². The quantitative estimate of drug-likeness (QED) is 0.291. The Hall–Kier alpha value is -1.40. The zero-order valence-corrected chi connectivity index (χ0v) is 18.7. The van der Waals surface area contributed by atoms with E-state index in [1.165, 1.54) is 38.5 Å². The van der Waals surface area contributed by atoms with Gasteiger partial charge in [0.25, 0.3) is 0 Å². The fourth-order valence-corrected chi connectivity index (χ4v) is 5.84. The molecule has 0 aliphatic heterocycles. The summed E-state index contributed by atoms with van der Waals surface area (Å²) in [5.41, 5.74) is 0. The molecule has 6 nitrogen and oxygen atoms in total. The number of rotatable bonds is 10. The summed E-state index contributed by atoms with van der Waals surface area (Å²) in [5, 5.41) is 0. The summed E-state index contributed by atoms with van der Waals surface area (Å²) in [5.74, 6) is -1.29. The number of carbonyl (C=O) groups is 2. The van der Waals surface area contributed by atoms with Crippen LogP contribution < -0.4 is 0 Å². The third-order valence-corrected chi connectivity index (χ3v) is 7.47. The van der Waals surface area contributed by atoms with E-state index in [4.69, 9.17) is 18.9 Å². The maximum absolute atomic E-state index is 12.8. The summed E-state index contributed by atoms with van der Waals surface area (Å²) in [4.78, 5) is 25.6. The van der Waals surface area contributed by atoms with Crippen molar-refractivity contribution in [2.45, 2.75) is 82.8 Å². The van der Waals surface area contributed by atoms with Gasteiger partial charge in [-0.1, -0.05) is 50.7 Å². The molecule has 4 aliphatic carbocycles. The number of allylic oxidation sites excluding steroid dienone is 2. The van der Waals surface area contributed by atoms with Gasteiger partial charge in [0, 0.05) is 0 Å². The van der Waals surface area contributed by atoms with Crippen molar-refractivity contribution in [1.29, 1.82) is 0 Å². The molecule has 0 aromatic heterocycles. The van der Waals surface area contributed by atoms with E-state index in [0.717, 1.165) is 32.1 Å². The highest BCUT2D eigenvalue weighted by Crippen LogP contribution is 2.49. The van der Waals surface area contributed by atoms with Gasteiger partial charge >= 0.3 is 11.9 Å². The van der Waals surface area contributed by atoms with Crippen LogP contribution in [0.5, 0.6) is 0 Å². The number of hydrogen-bond donors (Lipinski definition) is 0. The van der Waals surface area contributed by atoms with Gasteiger partial charge in [-0.2, -0.15) is 0 Å². The van der Waals surface area contributed by atoms with Crippen LogP contribution in [-0.2, 0) is 28.5 Å². The Balaban J connectivity index is 1.18. The highest BCUT2D eigenvalue weighted by atomic mass is 16.6. The molecule has 4 rings (SSSR count). The second-order valence-corrected chi connectivity index (χ2v) is 9.60. The van der Waals surface area contributed by atoms with E-state index in [9.17, 15) is 9.59 Å². The molecule has 0 heterocycles. The summed E-state index contributed by atoms with van der Waals surface area (Å²) < 4.78 is 22.8. The average Bonchev–Trinajstić information content (AvgIpc) is 3.43. The molecule has 3 fully saturated rings. The molecule has 31 heavy (non-hydrogen) atoms. The maximum atomic E-state index is 12.8. The van der Waals surface area contributed by atoms with Gasteiger partial charge in [0.15, 0.2) is 0 Å². The fraction of sp³-hybridized carbons (Fsp3) is 0.840. The molecule has 0 radical (unpaired) electrons. The Labute approximate surface area is 186 Å². The molecule has 0 aromatic rings. The summed E-state index contributed by atoms with van der Waals surface area (Å²) in [6.45, 7) is 1.37. The predicted molar refractivity (Wildman–Crippen MR) is 115 cm³/mol. The summed E-state index contributed by atoms with van der Waals surface area (Å²) >= 11 is 0. The molecule has 174 valence electrons. The van der Waals surface area contributed by atoms with Crippen molar-refractivity contribution in [2.24, 2.45) is 23.7 Å². The van der Waals surface area contributed by atoms with E-state index >= 15 is 0 Å². The van der Waals surface area contributed by atoms with E-state index in [0.29, 0.717) is 25.4 Å². The SMILES string of the molecule is O=C(OCCOC1CCCCC1)C1C2C=CC(C2)C1C(=O)OCCOC1CCCCC1. The summed E-state index contributed by atoms with van der Waals surface area (Å²) in [7, 11) is 0. The van der Waals surface area contributed by atoms with E-state index < -0.39 is 11.8 Å². The van der Waals surface area contributed by atoms with Gasteiger partial charge in [-0.3, -0.25) is 9.59 Å². The largest absolute Gasteiger partial charge is 0.463 e. The Morgan fingerprint density at radius 1 is 0.613 bits per heavy atom. The molecule has 4 unspecified atom stereocenters. The predicted octanol–water partition coefficient (Wildman–Crippen LogP) is 4.21. The van der Waals surface area contributed by atoms with Crippen LogP contribution in [0.15, 0.2) is 12.2 Å². The second kappa shape index (κ2) is 11.5. The van der Waals surface area contributed by atoms with E-state index in [1.807, 2.05) is 0 Å². The monoisotopic (exact) mass is 434 g/mol. The molecule has 0 aromatic carbocycles. The summed E-state index contributed by atoms with van der Waals surface area (Å²) in [6, 6.07) is 0. The van der Waals surface area contributed by atoms with Crippen LogP contribution in [0.4, 0.5) is 0 Å². The van der Waals surface area contributed by atoms with Crippen LogP contribution in [0.25, 0.3) is 0 Å². The molecule has 0 saturated heterocycles. The van der Waals surface area contributed by atoms with Crippen LogP contribution in [0.2, 0.25) is 0 Å². The normalized spacial score (nSPS) is 31.1. The Kier molecular flexibility index (Phi) is 8.42. The van der Waals surface area contributed by atoms with Crippen LogP contribution in [0, 0.1) is 23.7 Å². The van der Waals surface area contributed by atoms with Gasteiger partial charge in [0.2, 0.25) is 0 Å². The minimum absolute atomic E-state index is 0.0767. The standard InChI is InChI=1S/C25H38O6/c26-24(30-15-13-28-20-7-3-1-4-8-20)22-18-11-12-19(17-18)23(22)25(27)31-16-14-29-21-9-5-2-6-10-21/h11-12,18-23H,1-10,13-17H2. The molecule has 6 heteroatoms. The van der Waals surface area contributed by atoms with Crippen LogP contribution in [-0.4, -0.2) is 50.6 Å². The van der Waals surface area contributed by atoms with Crippen molar-refractivity contribution in [3.8, 4) is 0 Å². The lowest BCUT2D eigenvalue weighted by molar-refractivity contribution is -0.163. The zero-order valence-electron chi connectivity index (χ0n) is 18.7. The third-order valence-electron chi connectivity index (χ3n) is 7.47. The van der Waals surface area contributed by atoms with Gasteiger partial charge in [-0.25, -0.2) is 0 Å². The molecule has 0 amide bonds. The molecule has 4 aliphatic rings. The number of hydrogen-bond acceptors (Lipinski definition) is 6. The van der Waals surface area contributed by atoms with Gasteiger partial charge in [-0.15, -0.1) is 0 Å². The molecule has 3 saturated carbocycles. The second-order valence-electron chi connectivity index (χ2n) is 9.60. The van der Waals surface area contributed by atoms with Crippen molar-refractivity contribution in [3.05, 3.63) is 12.2 Å². The van der Waals surface area contributed by atoms with Gasteiger partial charge in [-0.05, 0) is 43.9 Å². The Morgan fingerprint density at radius 2 is 1.03 bits per heavy atom. The highest BCUT2D eigenvalue weighted by Gasteiger charge is 2.53. The van der Waals surface area contributed by atoms with E-state index in [1.54, 1.807) is 0 Å².